The van der Waals surface area contributed by atoms with E-state index in [1.54, 1.807) is 7.11 Å². The molecule has 0 atom stereocenters. The average Bonchev–Trinajstić information content (AvgIpc) is 2.85. The number of carbonyl (C=O) groups excluding carboxylic acids is 1. The van der Waals surface area contributed by atoms with Gasteiger partial charge >= 0.3 is 0 Å². The number of rotatable bonds is 7. The Hall–Kier alpha value is -2.77. The fraction of sp³-hybridized carbons (Fsp3) is 0.480. The molecule has 2 aliphatic heterocycles. The molecule has 0 N–H and O–H groups in total. The van der Waals surface area contributed by atoms with Gasteiger partial charge in [0.15, 0.2) is 0 Å². The van der Waals surface area contributed by atoms with E-state index >= 15 is 0 Å². The predicted octanol–water partition coefficient (Wildman–Crippen LogP) is 2.31. The standard InChI is InChI=1S/C25H34N4O3/c1-26(19-21-5-3-4-6-24(21)28-15-17-32-18-16-28)20-25(30)29-13-11-27(12-14-29)22-7-9-23(31-2)10-8-22/h3-10H,11-20H2,1-2H3. The van der Waals surface area contributed by atoms with Gasteiger partial charge in [0.2, 0.25) is 5.91 Å². The molecule has 2 aliphatic rings. The number of nitrogens with zero attached hydrogens (tertiary/aromatic N) is 4. The van der Waals surface area contributed by atoms with Gasteiger partial charge in [-0.05, 0) is 42.9 Å². The zero-order valence-corrected chi connectivity index (χ0v) is 19.2. The summed E-state index contributed by atoms with van der Waals surface area (Å²) in [6, 6.07) is 16.6. The third-order valence-corrected chi connectivity index (χ3v) is 6.26. The maximum absolute atomic E-state index is 12.9. The van der Waals surface area contributed by atoms with E-state index in [1.165, 1.54) is 16.9 Å². The van der Waals surface area contributed by atoms with Crippen LogP contribution < -0.4 is 14.5 Å². The van der Waals surface area contributed by atoms with Crippen molar-refractivity contribution in [3.63, 3.8) is 0 Å². The molecule has 7 heteroatoms. The zero-order chi connectivity index (χ0) is 22.3. The average molecular weight is 439 g/mol. The van der Waals surface area contributed by atoms with Crippen molar-refractivity contribution in [2.24, 2.45) is 0 Å². The van der Waals surface area contributed by atoms with Gasteiger partial charge < -0.3 is 24.2 Å². The lowest BCUT2D eigenvalue weighted by atomic mass is 10.1. The number of para-hydroxylation sites is 1. The molecule has 172 valence electrons. The van der Waals surface area contributed by atoms with Gasteiger partial charge in [-0.3, -0.25) is 9.69 Å². The first-order valence-electron chi connectivity index (χ1n) is 11.4. The Morgan fingerprint density at radius 2 is 1.62 bits per heavy atom. The molecule has 2 heterocycles. The van der Waals surface area contributed by atoms with Crippen LogP contribution >= 0.6 is 0 Å². The normalized spacial score (nSPS) is 17.0. The summed E-state index contributed by atoms with van der Waals surface area (Å²) in [6.45, 7) is 7.76. The monoisotopic (exact) mass is 438 g/mol. The van der Waals surface area contributed by atoms with Gasteiger partial charge in [-0.2, -0.15) is 0 Å². The number of methoxy groups -OCH3 is 1. The molecule has 0 saturated carbocycles. The minimum Gasteiger partial charge on any atom is -0.497 e. The van der Waals surface area contributed by atoms with Crippen molar-refractivity contribution >= 4 is 17.3 Å². The molecule has 32 heavy (non-hydrogen) atoms. The first-order chi connectivity index (χ1) is 15.6. The van der Waals surface area contributed by atoms with E-state index < -0.39 is 0 Å². The van der Waals surface area contributed by atoms with Crippen molar-refractivity contribution in [3.8, 4) is 5.75 Å². The van der Waals surface area contributed by atoms with Crippen LogP contribution in [0.2, 0.25) is 0 Å². The summed E-state index contributed by atoms with van der Waals surface area (Å²) < 4.78 is 10.7. The smallest absolute Gasteiger partial charge is 0.236 e. The number of ether oxygens (including phenoxy) is 2. The maximum atomic E-state index is 12.9. The molecule has 2 aromatic rings. The SMILES string of the molecule is COc1ccc(N2CCN(C(=O)CN(C)Cc3ccccc3N3CCOCC3)CC2)cc1. The van der Waals surface area contributed by atoms with Gasteiger partial charge in [0, 0.05) is 57.2 Å². The third-order valence-electron chi connectivity index (χ3n) is 6.26. The van der Waals surface area contributed by atoms with Gasteiger partial charge in [-0.25, -0.2) is 0 Å². The topological polar surface area (TPSA) is 48.5 Å². The highest BCUT2D eigenvalue weighted by molar-refractivity contribution is 5.78. The highest BCUT2D eigenvalue weighted by Crippen LogP contribution is 2.23. The van der Waals surface area contributed by atoms with Crippen LogP contribution in [-0.4, -0.2) is 88.9 Å². The molecule has 0 aliphatic carbocycles. The van der Waals surface area contributed by atoms with Crippen LogP contribution in [0.5, 0.6) is 5.75 Å². The Morgan fingerprint density at radius 1 is 0.938 bits per heavy atom. The van der Waals surface area contributed by atoms with Crippen molar-refractivity contribution in [2.45, 2.75) is 6.54 Å². The van der Waals surface area contributed by atoms with E-state index in [0.717, 1.165) is 64.8 Å². The lowest BCUT2D eigenvalue weighted by Gasteiger charge is -2.37. The van der Waals surface area contributed by atoms with Crippen molar-refractivity contribution in [1.82, 2.24) is 9.80 Å². The van der Waals surface area contributed by atoms with E-state index in [-0.39, 0.29) is 5.91 Å². The molecule has 4 rings (SSSR count). The van der Waals surface area contributed by atoms with E-state index in [4.69, 9.17) is 9.47 Å². The predicted molar refractivity (Wildman–Crippen MR) is 128 cm³/mol. The molecule has 2 aromatic carbocycles. The fourth-order valence-corrected chi connectivity index (χ4v) is 4.44. The van der Waals surface area contributed by atoms with Gasteiger partial charge in [0.25, 0.3) is 0 Å². The number of hydrogen-bond acceptors (Lipinski definition) is 6. The summed E-state index contributed by atoms with van der Waals surface area (Å²) in [5.74, 6) is 1.06. The van der Waals surface area contributed by atoms with Crippen LogP contribution in [0.1, 0.15) is 5.56 Å². The molecule has 2 fully saturated rings. The largest absolute Gasteiger partial charge is 0.497 e. The number of piperazine rings is 1. The molecular weight excluding hydrogens is 404 g/mol. The number of anilines is 2. The molecule has 0 radical (unpaired) electrons. The van der Waals surface area contributed by atoms with Crippen LogP contribution in [0.4, 0.5) is 11.4 Å². The summed E-state index contributed by atoms with van der Waals surface area (Å²) in [6.07, 6.45) is 0. The van der Waals surface area contributed by atoms with E-state index in [1.807, 2.05) is 24.1 Å². The van der Waals surface area contributed by atoms with Gasteiger partial charge in [-0.15, -0.1) is 0 Å². The Labute approximate surface area is 191 Å². The summed E-state index contributed by atoms with van der Waals surface area (Å²) in [7, 11) is 3.71. The first-order valence-corrected chi connectivity index (χ1v) is 11.4. The van der Waals surface area contributed by atoms with E-state index in [2.05, 4.69) is 51.1 Å². The number of amides is 1. The molecule has 1 amide bonds. The van der Waals surface area contributed by atoms with Crippen LogP contribution in [0.15, 0.2) is 48.5 Å². The van der Waals surface area contributed by atoms with Gasteiger partial charge in [-0.1, -0.05) is 18.2 Å². The third kappa shape index (κ3) is 5.53. The van der Waals surface area contributed by atoms with Crippen LogP contribution in [-0.2, 0) is 16.1 Å². The molecule has 0 spiro atoms. The highest BCUT2D eigenvalue weighted by Gasteiger charge is 2.23. The number of carbonyl (C=O) groups is 1. The van der Waals surface area contributed by atoms with Crippen molar-refractivity contribution < 1.29 is 14.3 Å². The second-order valence-electron chi connectivity index (χ2n) is 8.47. The summed E-state index contributed by atoms with van der Waals surface area (Å²) in [5, 5.41) is 0. The number of morpholine rings is 1. The van der Waals surface area contributed by atoms with Gasteiger partial charge in [0.05, 0.1) is 26.9 Å². The molecule has 2 saturated heterocycles. The second kappa shape index (κ2) is 10.7. The Bertz CT molecular complexity index is 875. The number of benzene rings is 2. The minimum absolute atomic E-state index is 0.200. The quantitative estimate of drug-likeness (QED) is 0.661. The van der Waals surface area contributed by atoms with Crippen LogP contribution in [0.25, 0.3) is 0 Å². The van der Waals surface area contributed by atoms with E-state index in [0.29, 0.717) is 6.54 Å². The number of hydrogen-bond donors (Lipinski definition) is 0. The molecule has 7 nitrogen and oxygen atoms in total. The minimum atomic E-state index is 0.200. The highest BCUT2D eigenvalue weighted by atomic mass is 16.5. The first kappa shape index (κ1) is 22.4. The number of likely N-dealkylation sites (N-methyl/N-ethyl adjacent to an activating group) is 1. The summed E-state index contributed by atoms with van der Waals surface area (Å²) in [4.78, 5) is 21.8. The fourth-order valence-electron chi connectivity index (χ4n) is 4.44. The summed E-state index contributed by atoms with van der Waals surface area (Å²) in [5.41, 5.74) is 3.69. The zero-order valence-electron chi connectivity index (χ0n) is 19.2. The second-order valence-corrected chi connectivity index (χ2v) is 8.47. The summed E-state index contributed by atoms with van der Waals surface area (Å²) >= 11 is 0. The maximum Gasteiger partial charge on any atom is 0.236 e. The van der Waals surface area contributed by atoms with Crippen molar-refractivity contribution in [3.05, 3.63) is 54.1 Å². The van der Waals surface area contributed by atoms with Crippen molar-refractivity contribution in [2.75, 3.05) is 83.0 Å². The van der Waals surface area contributed by atoms with Crippen LogP contribution in [0, 0.1) is 0 Å². The molecule has 0 unspecified atom stereocenters. The van der Waals surface area contributed by atoms with E-state index in [9.17, 15) is 4.79 Å². The van der Waals surface area contributed by atoms with Crippen LogP contribution in [0.3, 0.4) is 0 Å². The molecule has 0 aromatic heterocycles. The molecule has 0 bridgehead atoms. The lowest BCUT2D eigenvalue weighted by molar-refractivity contribution is -0.132. The lowest BCUT2D eigenvalue weighted by Crippen LogP contribution is -2.51. The Kier molecular flexibility index (Phi) is 7.50. The van der Waals surface area contributed by atoms with Gasteiger partial charge in [0.1, 0.15) is 5.75 Å². The Balaban J connectivity index is 1.28. The Morgan fingerprint density at radius 3 is 2.31 bits per heavy atom. The van der Waals surface area contributed by atoms with Crippen molar-refractivity contribution in [1.29, 1.82) is 0 Å². The molecular formula is C25H34N4O3.